The molecule has 4 N–H and O–H groups in total. The number of hydrogen-bond acceptors (Lipinski definition) is 4. The van der Waals surface area contributed by atoms with Crippen molar-refractivity contribution in [2.24, 2.45) is 0 Å². The van der Waals surface area contributed by atoms with E-state index in [4.69, 9.17) is 9.84 Å². The molecule has 0 atom stereocenters. The van der Waals surface area contributed by atoms with Crippen molar-refractivity contribution < 1.29 is 19.4 Å². The van der Waals surface area contributed by atoms with E-state index in [1.54, 1.807) is 6.92 Å². The van der Waals surface area contributed by atoms with Gasteiger partial charge in [-0.3, -0.25) is 9.59 Å². The van der Waals surface area contributed by atoms with E-state index in [1.165, 1.54) is 0 Å². The van der Waals surface area contributed by atoms with Gasteiger partial charge in [-0.2, -0.15) is 0 Å². The van der Waals surface area contributed by atoms with Gasteiger partial charge in [0.1, 0.15) is 0 Å². The Morgan fingerprint density at radius 3 is 2.21 bits per heavy atom. The third-order valence-corrected chi connectivity index (χ3v) is 1.58. The van der Waals surface area contributed by atoms with Gasteiger partial charge >= 0.3 is 11.9 Å². The summed E-state index contributed by atoms with van der Waals surface area (Å²) in [5.41, 5.74) is 0. The molecule has 0 saturated carbocycles. The van der Waals surface area contributed by atoms with E-state index in [-0.39, 0.29) is 18.5 Å². The molecule has 0 saturated heterocycles. The summed E-state index contributed by atoms with van der Waals surface area (Å²) in [6.45, 7) is 2.18. The molecular formula is C9H19NO4. The van der Waals surface area contributed by atoms with Crippen molar-refractivity contribution in [2.45, 2.75) is 39.0 Å². The van der Waals surface area contributed by atoms with Crippen molar-refractivity contribution in [2.75, 3.05) is 6.61 Å². The lowest BCUT2D eigenvalue weighted by Crippen LogP contribution is -2.03. The van der Waals surface area contributed by atoms with Gasteiger partial charge in [-0.15, -0.1) is 0 Å². The van der Waals surface area contributed by atoms with Gasteiger partial charge in [0.2, 0.25) is 0 Å². The number of carbonyl (C=O) groups excluding carboxylic acids is 1. The van der Waals surface area contributed by atoms with Crippen LogP contribution < -0.4 is 6.15 Å². The van der Waals surface area contributed by atoms with Gasteiger partial charge in [0.15, 0.2) is 0 Å². The molecule has 0 aliphatic heterocycles. The number of esters is 1. The van der Waals surface area contributed by atoms with Crippen LogP contribution in [0.15, 0.2) is 0 Å². The van der Waals surface area contributed by atoms with Gasteiger partial charge in [-0.1, -0.05) is 6.42 Å². The molecule has 0 aliphatic rings. The highest BCUT2D eigenvalue weighted by atomic mass is 16.5. The molecular weight excluding hydrogens is 186 g/mol. The first kappa shape index (κ1) is 15.4. The predicted octanol–water partition coefficient (Wildman–Crippen LogP) is 1.75. The van der Waals surface area contributed by atoms with Crippen LogP contribution in [0, 0.1) is 0 Å². The van der Waals surface area contributed by atoms with E-state index < -0.39 is 5.97 Å². The molecule has 0 heterocycles. The molecule has 14 heavy (non-hydrogen) atoms. The molecule has 0 aromatic heterocycles. The molecule has 84 valence electrons. The van der Waals surface area contributed by atoms with Gasteiger partial charge in [-0.05, 0) is 19.8 Å². The molecule has 0 aromatic carbocycles. The molecule has 0 amide bonds. The molecule has 0 spiro atoms. The highest BCUT2D eigenvalue weighted by Crippen LogP contribution is 2.03. The summed E-state index contributed by atoms with van der Waals surface area (Å²) >= 11 is 0. The minimum Gasteiger partial charge on any atom is -0.481 e. The molecule has 0 unspecified atom stereocenters. The Bertz CT molecular complexity index is 170. The topological polar surface area (TPSA) is 98.6 Å². The molecule has 0 rings (SSSR count). The first-order chi connectivity index (χ1) is 6.16. The van der Waals surface area contributed by atoms with Crippen LogP contribution in [0.4, 0.5) is 0 Å². The Labute approximate surface area is 84.0 Å². The van der Waals surface area contributed by atoms with Crippen molar-refractivity contribution in [1.82, 2.24) is 6.15 Å². The zero-order chi connectivity index (χ0) is 10.1. The zero-order valence-electron chi connectivity index (χ0n) is 8.62. The standard InChI is InChI=1S/C9H16O4.H3N/c1-2-13-9(12)7-5-3-4-6-8(10)11;/h2-7H2,1H3,(H,10,11);1H3. The Morgan fingerprint density at radius 1 is 1.14 bits per heavy atom. The maximum absolute atomic E-state index is 10.8. The number of carbonyl (C=O) groups is 2. The SMILES string of the molecule is CCOC(=O)CCCCCC(=O)O.N. The van der Waals surface area contributed by atoms with Gasteiger partial charge < -0.3 is 16.0 Å². The number of rotatable bonds is 7. The number of hydrogen-bond donors (Lipinski definition) is 2. The summed E-state index contributed by atoms with van der Waals surface area (Å²) < 4.78 is 4.71. The van der Waals surface area contributed by atoms with Gasteiger partial charge in [-0.25, -0.2) is 0 Å². The lowest BCUT2D eigenvalue weighted by Gasteiger charge is -2.00. The van der Waals surface area contributed by atoms with Crippen LogP contribution in [0.2, 0.25) is 0 Å². The Morgan fingerprint density at radius 2 is 1.71 bits per heavy atom. The molecule has 0 radical (unpaired) electrons. The molecule has 5 heteroatoms. The summed E-state index contributed by atoms with van der Waals surface area (Å²) in [4.78, 5) is 20.9. The number of carboxylic acid groups (broad SMARTS) is 1. The van der Waals surface area contributed by atoms with E-state index in [0.717, 1.165) is 6.42 Å². The first-order valence-electron chi connectivity index (χ1n) is 4.54. The van der Waals surface area contributed by atoms with Crippen LogP contribution in [0.25, 0.3) is 0 Å². The van der Waals surface area contributed by atoms with E-state index >= 15 is 0 Å². The van der Waals surface area contributed by atoms with Crippen molar-refractivity contribution in [1.29, 1.82) is 0 Å². The average Bonchev–Trinajstić information content (AvgIpc) is 2.03. The second-order valence-electron chi connectivity index (χ2n) is 2.76. The quantitative estimate of drug-likeness (QED) is 0.487. The molecule has 0 aliphatic carbocycles. The molecule has 0 fully saturated rings. The first-order valence-corrected chi connectivity index (χ1v) is 4.54. The van der Waals surface area contributed by atoms with Crippen molar-refractivity contribution in [3.8, 4) is 0 Å². The smallest absolute Gasteiger partial charge is 0.305 e. The summed E-state index contributed by atoms with van der Waals surface area (Å²) in [6.07, 6.45) is 2.70. The summed E-state index contributed by atoms with van der Waals surface area (Å²) in [5.74, 6) is -0.978. The maximum atomic E-state index is 10.8. The fourth-order valence-corrected chi connectivity index (χ4v) is 0.955. The van der Waals surface area contributed by atoms with Gasteiger partial charge in [0.05, 0.1) is 6.61 Å². The van der Waals surface area contributed by atoms with Crippen LogP contribution in [0.1, 0.15) is 39.0 Å². The van der Waals surface area contributed by atoms with Crippen LogP contribution in [0.5, 0.6) is 0 Å². The summed E-state index contributed by atoms with van der Waals surface area (Å²) in [6, 6.07) is 0. The molecule has 5 nitrogen and oxygen atoms in total. The van der Waals surface area contributed by atoms with Crippen molar-refractivity contribution >= 4 is 11.9 Å². The van der Waals surface area contributed by atoms with E-state index in [1.807, 2.05) is 0 Å². The van der Waals surface area contributed by atoms with Crippen LogP contribution in [0.3, 0.4) is 0 Å². The van der Waals surface area contributed by atoms with Crippen LogP contribution in [-0.4, -0.2) is 23.7 Å². The van der Waals surface area contributed by atoms with E-state index in [2.05, 4.69) is 0 Å². The van der Waals surface area contributed by atoms with Crippen molar-refractivity contribution in [3.63, 3.8) is 0 Å². The number of aliphatic carboxylic acids is 1. The number of carboxylic acids is 1. The predicted molar refractivity (Wildman–Crippen MR) is 52.4 cm³/mol. The lowest BCUT2D eigenvalue weighted by molar-refractivity contribution is -0.143. The monoisotopic (exact) mass is 205 g/mol. The third-order valence-electron chi connectivity index (χ3n) is 1.58. The van der Waals surface area contributed by atoms with Gasteiger partial charge in [0.25, 0.3) is 0 Å². The van der Waals surface area contributed by atoms with E-state index in [9.17, 15) is 9.59 Å². The van der Waals surface area contributed by atoms with Crippen LogP contribution in [-0.2, 0) is 14.3 Å². The minimum absolute atomic E-state index is 0. The highest BCUT2D eigenvalue weighted by Gasteiger charge is 2.01. The zero-order valence-corrected chi connectivity index (χ0v) is 8.62. The largest absolute Gasteiger partial charge is 0.481 e. The highest BCUT2D eigenvalue weighted by molar-refractivity contribution is 5.69. The number of ether oxygens (including phenoxy) is 1. The fourth-order valence-electron chi connectivity index (χ4n) is 0.955. The minimum atomic E-state index is -0.781. The van der Waals surface area contributed by atoms with Crippen molar-refractivity contribution in [3.05, 3.63) is 0 Å². The Balaban J connectivity index is 0. The molecule has 0 aromatic rings. The average molecular weight is 205 g/mol. The van der Waals surface area contributed by atoms with E-state index in [0.29, 0.717) is 25.9 Å². The normalized spacial score (nSPS) is 8.93. The Hall–Kier alpha value is -1.10. The summed E-state index contributed by atoms with van der Waals surface area (Å²) in [5, 5.41) is 8.31. The second kappa shape index (κ2) is 9.98. The lowest BCUT2D eigenvalue weighted by atomic mass is 10.1. The van der Waals surface area contributed by atoms with Gasteiger partial charge in [0, 0.05) is 12.8 Å². The molecule has 0 bridgehead atoms. The Kier molecular flexibility index (Phi) is 11.0. The number of unbranched alkanes of at least 4 members (excludes halogenated alkanes) is 2. The third kappa shape index (κ3) is 10.9. The van der Waals surface area contributed by atoms with Crippen LogP contribution >= 0.6 is 0 Å². The fraction of sp³-hybridized carbons (Fsp3) is 0.778. The summed E-state index contributed by atoms with van der Waals surface area (Å²) in [7, 11) is 0. The maximum Gasteiger partial charge on any atom is 0.305 e. The second-order valence-corrected chi connectivity index (χ2v) is 2.76.